The second-order valence-electron chi connectivity index (χ2n) is 6.84. The van der Waals surface area contributed by atoms with Crippen molar-refractivity contribution in [2.24, 2.45) is 0 Å². The Labute approximate surface area is 157 Å². The van der Waals surface area contributed by atoms with Gasteiger partial charge in [-0.05, 0) is 51.3 Å². The van der Waals surface area contributed by atoms with E-state index in [2.05, 4.69) is 17.6 Å². The molecule has 0 atom stereocenters. The molecule has 0 aliphatic rings. The number of unbranched alkanes of at least 4 members (excludes halogenated alkanes) is 1. The molecular formula is C20H35N3O3. The van der Waals surface area contributed by atoms with Crippen molar-refractivity contribution in [1.29, 1.82) is 0 Å². The van der Waals surface area contributed by atoms with Gasteiger partial charge in [0.2, 0.25) is 0 Å². The Bertz CT molecular complexity index is 593. The minimum Gasteiger partial charge on any atom is -0.444 e. The molecule has 26 heavy (non-hydrogen) atoms. The second-order valence-corrected chi connectivity index (χ2v) is 6.84. The average Bonchev–Trinajstić information content (AvgIpc) is 2.56. The third-order valence-corrected chi connectivity index (χ3v) is 3.34. The average molecular weight is 366 g/mol. The summed E-state index contributed by atoms with van der Waals surface area (Å²) in [5, 5.41) is 5.55. The van der Waals surface area contributed by atoms with Gasteiger partial charge in [-0.3, -0.25) is 4.79 Å². The molecule has 0 bridgehead atoms. The first-order valence-corrected chi connectivity index (χ1v) is 9.28. The number of carbonyl (C=O) groups is 2. The van der Waals surface area contributed by atoms with E-state index in [1.165, 1.54) is 0 Å². The van der Waals surface area contributed by atoms with Crippen molar-refractivity contribution in [3.8, 4) is 0 Å². The van der Waals surface area contributed by atoms with Gasteiger partial charge >= 0.3 is 6.09 Å². The van der Waals surface area contributed by atoms with Gasteiger partial charge in [-0.1, -0.05) is 33.3 Å². The van der Waals surface area contributed by atoms with Gasteiger partial charge in [-0.2, -0.15) is 0 Å². The molecule has 0 spiro atoms. The number of rotatable bonds is 6. The van der Waals surface area contributed by atoms with Gasteiger partial charge in [0.25, 0.3) is 5.91 Å². The number of ether oxygens (including phenoxy) is 1. The Morgan fingerprint density at radius 3 is 2.31 bits per heavy atom. The Morgan fingerprint density at radius 1 is 1.15 bits per heavy atom. The van der Waals surface area contributed by atoms with Crippen molar-refractivity contribution in [3.63, 3.8) is 0 Å². The highest BCUT2D eigenvalue weighted by Crippen LogP contribution is 2.20. The smallest absolute Gasteiger partial charge is 0.407 e. The third-order valence-electron chi connectivity index (χ3n) is 3.34. The van der Waals surface area contributed by atoms with E-state index in [0.717, 1.165) is 24.0 Å². The van der Waals surface area contributed by atoms with Gasteiger partial charge in [0, 0.05) is 18.8 Å². The molecule has 0 radical (unpaired) electrons. The first-order chi connectivity index (χ1) is 12.1. The summed E-state index contributed by atoms with van der Waals surface area (Å²) in [6, 6.07) is 3.57. The molecule has 0 unspecified atom stereocenters. The van der Waals surface area contributed by atoms with Crippen LogP contribution in [0.3, 0.4) is 0 Å². The van der Waals surface area contributed by atoms with Gasteiger partial charge in [-0.15, -0.1) is 0 Å². The number of hydrogen-bond donors (Lipinski definition) is 3. The maximum Gasteiger partial charge on any atom is 0.407 e. The van der Waals surface area contributed by atoms with E-state index in [1.54, 1.807) is 26.8 Å². The highest BCUT2D eigenvalue weighted by Gasteiger charge is 2.17. The molecule has 0 fully saturated rings. The maximum atomic E-state index is 12.3. The van der Waals surface area contributed by atoms with Crippen LogP contribution in [0.1, 0.15) is 75.9 Å². The maximum absolute atomic E-state index is 12.3. The van der Waals surface area contributed by atoms with Gasteiger partial charge < -0.3 is 21.1 Å². The summed E-state index contributed by atoms with van der Waals surface area (Å²) < 4.78 is 5.20. The molecule has 4 N–H and O–H groups in total. The molecule has 148 valence electrons. The lowest BCUT2D eigenvalue weighted by Gasteiger charge is -2.20. The predicted molar refractivity (Wildman–Crippen MR) is 107 cm³/mol. The zero-order chi connectivity index (χ0) is 20.3. The van der Waals surface area contributed by atoms with E-state index >= 15 is 0 Å². The van der Waals surface area contributed by atoms with Crippen LogP contribution in [0.2, 0.25) is 0 Å². The molecule has 0 saturated carbocycles. The van der Waals surface area contributed by atoms with Crippen LogP contribution in [-0.4, -0.2) is 24.1 Å². The molecule has 2 amide bonds. The Hall–Kier alpha value is -2.24. The third kappa shape index (κ3) is 8.74. The molecule has 6 heteroatoms. The number of alkyl carbamates (subject to hydrolysis) is 1. The van der Waals surface area contributed by atoms with E-state index in [4.69, 9.17) is 10.5 Å². The number of carbonyl (C=O) groups excluding carboxylic acids is 2. The van der Waals surface area contributed by atoms with Crippen LogP contribution in [0.5, 0.6) is 0 Å². The fourth-order valence-corrected chi connectivity index (χ4v) is 2.13. The predicted octanol–water partition coefficient (Wildman–Crippen LogP) is 4.16. The summed E-state index contributed by atoms with van der Waals surface area (Å²) in [6.45, 7) is 14.2. The molecule has 1 aromatic carbocycles. The van der Waals surface area contributed by atoms with Crippen LogP contribution in [0.15, 0.2) is 12.1 Å². The van der Waals surface area contributed by atoms with Crippen LogP contribution in [-0.2, 0) is 11.3 Å². The van der Waals surface area contributed by atoms with Crippen molar-refractivity contribution in [2.45, 2.75) is 73.5 Å². The van der Waals surface area contributed by atoms with Gasteiger partial charge in [-0.25, -0.2) is 4.79 Å². The molecule has 0 aliphatic carbocycles. The van der Waals surface area contributed by atoms with Crippen LogP contribution >= 0.6 is 0 Å². The number of hydrogen-bond acceptors (Lipinski definition) is 4. The summed E-state index contributed by atoms with van der Waals surface area (Å²) in [5.74, 6) is -0.192. The number of nitrogen functional groups attached to an aromatic ring is 1. The van der Waals surface area contributed by atoms with E-state index in [9.17, 15) is 9.59 Å². The van der Waals surface area contributed by atoms with E-state index < -0.39 is 11.7 Å². The zero-order valence-corrected chi connectivity index (χ0v) is 17.3. The van der Waals surface area contributed by atoms with Crippen molar-refractivity contribution in [1.82, 2.24) is 10.6 Å². The highest BCUT2D eigenvalue weighted by molar-refractivity contribution is 6.00. The van der Waals surface area contributed by atoms with Crippen molar-refractivity contribution in [3.05, 3.63) is 28.8 Å². The fourth-order valence-electron chi connectivity index (χ4n) is 2.13. The largest absolute Gasteiger partial charge is 0.444 e. The van der Waals surface area contributed by atoms with Crippen molar-refractivity contribution < 1.29 is 14.3 Å². The first-order valence-electron chi connectivity index (χ1n) is 9.28. The van der Waals surface area contributed by atoms with E-state index in [1.807, 2.05) is 26.8 Å². The molecular weight excluding hydrogens is 330 g/mol. The molecule has 0 saturated heterocycles. The first kappa shape index (κ1) is 23.8. The van der Waals surface area contributed by atoms with Gasteiger partial charge in [0.05, 0.1) is 5.56 Å². The van der Waals surface area contributed by atoms with Crippen molar-refractivity contribution in [2.75, 3.05) is 12.3 Å². The lowest BCUT2D eigenvalue weighted by atomic mass is 10.0. The lowest BCUT2D eigenvalue weighted by Crippen LogP contribution is -2.32. The SMILES string of the molecule is CC.CCCCNC(=O)c1cc(CNC(=O)OC(C)(C)C)cc(C)c1N. The number of anilines is 1. The van der Waals surface area contributed by atoms with E-state index in [0.29, 0.717) is 17.8 Å². The topological polar surface area (TPSA) is 93.5 Å². The van der Waals surface area contributed by atoms with Gasteiger partial charge in [0.15, 0.2) is 0 Å². The van der Waals surface area contributed by atoms with E-state index in [-0.39, 0.29) is 12.5 Å². The number of nitrogens with one attached hydrogen (secondary N) is 2. The standard InChI is InChI=1S/C18H29N3O3.C2H6/c1-6-7-8-20-16(22)14-10-13(9-12(2)15(14)19)11-21-17(23)24-18(3,4)5;1-2/h9-10H,6-8,11,19H2,1-5H3,(H,20,22)(H,21,23);1-2H3. The second kappa shape index (κ2) is 11.4. The number of nitrogens with two attached hydrogens (primary N) is 1. The molecule has 1 aromatic rings. The monoisotopic (exact) mass is 365 g/mol. The summed E-state index contributed by atoms with van der Waals surface area (Å²) in [6.07, 6.45) is 1.44. The Morgan fingerprint density at radius 2 is 1.77 bits per heavy atom. The number of benzene rings is 1. The summed E-state index contributed by atoms with van der Waals surface area (Å²) >= 11 is 0. The van der Waals surface area contributed by atoms with Crippen molar-refractivity contribution >= 4 is 17.7 Å². The normalized spacial score (nSPS) is 10.4. The van der Waals surface area contributed by atoms with Crippen LogP contribution in [0.4, 0.5) is 10.5 Å². The van der Waals surface area contributed by atoms with Gasteiger partial charge in [0.1, 0.15) is 5.60 Å². The Balaban J connectivity index is 0.00000301. The molecule has 0 aliphatic heterocycles. The molecule has 1 rings (SSSR count). The minimum absolute atomic E-state index is 0.192. The van der Waals surface area contributed by atoms with Crippen LogP contribution in [0, 0.1) is 6.92 Å². The summed E-state index contributed by atoms with van der Waals surface area (Å²) in [7, 11) is 0. The molecule has 0 aromatic heterocycles. The molecule has 0 heterocycles. The highest BCUT2D eigenvalue weighted by atomic mass is 16.6. The minimum atomic E-state index is -0.550. The van der Waals surface area contributed by atoms with Crippen LogP contribution < -0.4 is 16.4 Å². The Kier molecular flexibility index (Phi) is 10.4. The van der Waals surface area contributed by atoms with Crippen LogP contribution in [0.25, 0.3) is 0 Å². The quantitative estimate of drug-likeness (QED) is 0.521. The summed E-state index contributed by atoms with van der Waals surface area (Å²) in [5.41, 5.74) is 7.98. The molecule has 6 nitrogen and oxygen atoms in total. The number of aryl methyl sites for hydroxylation is 1. The fraction of sp³-hybridized carbons (Fsp3) is 0.600. The number of amides is 2. The summed E-state index contributed by atoms with van der Waals surface area (Å²) in [4.78, 5) is 24.0. The lowest BCUT2D eigenvalue weighted by molar-refractivity contribution is 0.0523. The zero-order valence-electron chi connectivity index (χ0n) is 17.3.